The van der Waals surface area contributed by atoms with Crippen molar-refractivity contribution >= 4 is 11.3 Å². The molecule has 1 aromatic rings. The molecular weight excluding hydrogens is 226 g/mol. The molecule has 0 bridgehead atoms. The van der Waals surface area contributed by atoms with E-state index in [0.29, 0.717) is 0 Å². The Morgan fingerprint density at radius 2 is 2.18 bits per heavy atom. The summed E-state index contributed by atoms with van der Waals surface area (Å²) in [5.41, 5.74) is 1.45. The van der Waals surface area contributed by atoms with Gasteiger partial charge >= 0.3 is 0 Å². The third-order valence-electron chi connectivity index (χ3n) is 4.19. The van der Waals surface area contributed by atoms with Gasteiger partial charge in [0.15, 0.2) is 0 Å². The maximum Gasteiger partial charge on any atom is 0.0304 e. The fourth-order valence-corrected chi connectivity index (χ4v) is 3.67. The zero-order valence-electron chi connectivity index (χ0n) is 11.2. The van der Waals surface area contributed by atoms with E-state index >= 15 is 0 Å². The first-order chi connectivity index (χ1) is 8.29. The number of hydrogen-bond donors (Lipinski definition) is 1. The third-order valence-corrected chi connectivity index (χ3v) is 5.21. The summed E-state index contributed by atoms with van der Waals surface area (Å²) in [5, 5.41) is 5.96. The predicted molar refractivity (Wildman–Crippen MR) is 76.5 cm³/mol. The zero-order valence-corrected chi connectivity index (χ0v) is 12.0. The highest BCUT2D eigenvalue weighted by Gasteiger charge is 2.17. The van der Waals surface area contributed by atoms with E-state index in [2.05, 4.69) is 30.6 Å². The van der Waals surface area contributed by atoms with Crippen LogP contribution in [0.3, 0.4) is 0 Å². The molecule has 1 heterocycles. The smallest absolute Gasteiger partial charge is 0.0304 e. The molecule has 0 spiro atoms. The van der Waals surface area contributed by atoms with Crippen molar-refractivity contribution in [3.63, 3.8) is 0 Å². The summed E-state index contributed by atoms with van der Waals surface area (Å²) in [6.07, 6.45) is 8.42. The molecular formula is C15H25NS. The molecule has 1 nitrogen and oxygen atoms in total. The molecule has 96 valence electrons. The highest BCUT2D eigenvalue weighted by Crippen LogP contribution is 2.26. The first kappa shape index (κ1) is 13.1. The van der Waals surface area contributed by atoms with Crippen molar-refractivity contribution in [3.05, 3.63) is 21.9 Å². The second-order valence-corrected chi connectivity index (χ2v) is 6.39. The van der Waals surface area contributed by atoms with Crippen LogP contribution < -0.4 is 5.32 Å². The minimum absolute atomic E-state index is 0.757. The number of nitrogens with one attached hydrogen (secondary N) is 1. The molecule has 1 aliphatic carbocycles. The summed E-state index contributed by atoms with van der Waals surface area (Å²) in [6, 6.07) is 2.98. The second-order valence-electron chi connectivity index (χ2n) is 5.39. The van der Waals surface area contributed by atoms with Gasteiger partial charge in [0.2, 0.25) is 0 Å². The van der Waals surface area contributed by atoms with E-state index in [1.807, 2.05) is 11.3 Å². The predicted octanol–water partition coefficient (Wildman–Crippen LogP) is 4.51. The van der Waals surface area contributed by atoms with Crippen molar-refractivity contribution in [1.29, 1.82) is 0 Å². The molecule has 1 aromatic heterocycles. The molecule has 17 heavy (non-hydrogen) atoms. The van der Waals surface area contributed by atoms with Gasteiger partial charge in [-0.25, -0.2) is 0 Å². The molecule has 0 amide bonds. The van der Waals surface area contributed by atoms with Crippen LogP contribution in [0.1, 0.15) is 55.9 Å². The summed E-state index contributed by atoms with van der Waals surface area (Å²) >= 11 is 1.89. The molecule has 0 radical (unpaired) electrons. The average molecular weight is 251 g/mol. The van der Waals surface area contributed by atoms with Gasteiger partial charge in [0.05, 0.1) is 0 Å². The van der Waals surface area contributed by atoms with Gasteiger partial charge in [0, 0.05) is 17.5 Å². The van der Waals surface area contributed by atoms with Crippen LogP contribution in [0.4, 0.5) is 0 Å². The molecule has 2 rings (SSSR count). The maximum absolute atomic E-state index is 3.76. The molecule has 0 aliphatic heterocycles. The first-order valence-corrected chi connectivity index (χ1v) is 7.94. The Bertz CT molecular complexity index is 331. The van der Waals surface area contributed by atoms with E-state index in [4.69, 9.17) is 0 Å². The van der Waals surface area contributed by atoms with Crippen molar-refractivity contribution in [2.45, 2.75) is 65.0 Å². The van der Waals surface area contributed by atoms with Crippen molar-refractivity contribution in [2.24, 2.45) is 5.92 Å². The third kappa shape index (κ3) is 3.82. The Balaban J connectivity index is 1.78. The quantitative estimate of drug-likeness (QED) is 0.777. The number of thiophene rings is 1. The van der Waals surface area contributed by atoms with Crippen LogP contribution in [-0.2, 0) is 6.54 Å². The minimum Gasteiger partial charge on any atom is -0.309 e. The van der Waals surface area contributed by atoms with E-state index in [0.717, 1.165) is 18.5 Å². The lowest BCUT2D eigenvalue weighted by Gasteiger charge is -2.16. The summed E-state index contributed by atoms with van der Waals surface area (Å²) in [4.78, 5) is 1.52. The van der Waals surface area contributed by atoms with Gasteiger partial charge in [-0.1, -0.05) is 26.2 Å². The summed E-state index contributed by atoms with van der Waals surface area (Å²) in [7, 11) is 0. The first-order valence-electron chi connectivity index (χ1n) is 7.06. The Kier molecular flexibility index (Phi) is 5.05. The van der Waals surface area contributed by atoms with Crippen LogP contribution in [0.25, 0.3) is 0 Å². The lowest BCUT2D eigenvalue weighted by atomic mass is 9.98. The van der Waals surface area contributed by atoms with Crippen LogP contribution in [0.5, 0.6) is 0 Å². The van der Waals surface area contributed by atoms with Crippen LogP contribution in [0.2, 0.25) is 0 Å². The van der Waals surface area contributed by atoms with E-state index in [9.17, 15) is 0 Å². The van der Waals surface area contributed by atoms with Crippen molar-refractivity contribution in [3.8, 4) is 0 Å². The van der Waals surface area contributed by atoms with E-state index in [1.54, 1.807) is 0 Å². The van der Waals surface area contributed by atoms with E-state index < -0.39 is 0 Å². The summed E-state index contributed by atoms with van der Waals surface area (Å²) in [5.74, 6) is 0.991. The van der Waals surface area contributed by atoms with Gasteiger partial charge < -0.3 is 5.32 Å². The number of aryl methyl sites for hydroxylation is 1. The Morgan fingerprint density at radius 1 is 1.29 bits per heavy atom. The monoisotopic (exact) mass is 251 g/mol. The van der Waals surface area contributed by atoms with Crippen LogP contribution in [0, 0.1) is 12.8 Å². The lowest BCUT2D eigenvalue weighted by molar-refractivity contribution is 0.425. The fraction of sp³-hybridized carbons (Fsp3) is 0.733. The number of rotatable bonds is 4. The van der Waals surface area contributed by atoms with Crippen molar-refractivity contribution in [2.75, 3.05) is 0 Å². The Labute approximate surface area is 110 Å². The molecule has 0 saturated heterocycles. The highest BCUT2D eigenvalue weighted by molar-refractivity contribution is 7.10. The Morgan fingerprint density at radius 3 is 2.88 bits per heavy atom. The number of hydrogen-bond acceptors (Lipinski definition) is 2. The largest absolute Gasteiger partial charge is 0.309 e. The van der Waals surface area contributed by atoms with Crippen LogP contribution >= 0.6 is 11.3 Å². The van der Waals surface area contributed by atoms with Crippen LogP contribution in [0.15, 0.2) is 11.4 Å². The average Bonchev–Trinajstić information content (AvgIpc) is 2.63. The van der Waals surface area contributed by atoms with Gasteiger partial charge in [-0.2, -0.15) is 0 Å². The van der Waals surface area contributed by atoms with Crippen molar-refractivity contribution in [1.82, 2.24) is 5.32 Å². The van der Waals surface area contributed by atoms with E-state index in [1.165, 1.54) is 49.0 Å². The molecule has 1 aliphatic rings. The molecule has 1 N–H and O–H groups in total. The molecule has 2 atom stereocenters. The van der Waals surface area contributed by atoms with Crippen LogP contribution in [-0.4, -0.2) is 6.04 Å². The fourth-order valence-electron chi connectivity index (χ4n) is 2.81. The van der Waals surface area contributed by atoms with Gasteiger partial charge in [0.1, 0.15) is 0 Å². The molecule has 0 aromatic carbocycles. The second kappa shape index (κ2) is 6.55. The topological polar surface area (TPSA) is 12.0 Å². The van der Waals surface area contributed by atoms with Gasteiger partial charge in [-0.3, -0.25) is 0 Å². The van der Waals surface area contributed by atoms with Gasteiger partial charge in [-0.05, 0) is 49.1 Å². The maximum atomic E-state index is 3.76. The minimum atomic E-state index is 0.757. The standard InChI is InChI=1S/C15H25NS/c1-3-13-5-4-6-14(8-7-13)16-11-15-12(2)9-10-17-15/h9-10,13-14,16H,3-8,11H2,1-2H3. The van der Waals surface area contributed by atoms with Gasteiger partial charge in [-0.15, -0.1) is 11.3 Å². The molecule has 2 unspecified atom stereocenters. The molecule has 2 heteroatoms. The summed E-state index contributed by atoms with van der Waals surface area (Å²) in [6.45, 7) is 5.63. The molecule has 1 saturated carbocycles. The summed E-state index contributed by atoms with van der Waals surface area (Å²) < 4.78 is 0. The zero-order chi connectivity index (χ0) is 12.1. The SMILES string of the molecule is CCC1CCCC(NCc2sccc2C)CC1. The molecule has 1 fully saturated rings. The van der Waals surface area contributed by atoms with E-state index in [-0.39, 0.29) is 0 Å². The lowest BCUT2D eigenvalue weighted by Crippen LogP contribution is -2.27. The van der Waals surface area contributed by atoms with Crippen molar-refractivity contribution < 1.29 is 0 Å². The normalized spacial score (nSPS) is 25.8. The Hall–Kier alpha value is -0.340. The highest BCUT2D eigenvalue weighted by atomic mass is 32.1. The van der Waals surface area contributed by atoms with Gasteiger partial charge in [0.25, 0.3) is 0 Å².